The van der Waals surface area contributed by atoms with Gasteiger partial charge in [-0.15, -0.1) is 0 Å². The SMILES string of the molecule is C=CC1=CCC2C(=O)N(Nc3ncc(C(F)(F)F)cc3Cl)C(=O)C2(c2ccc(Cl)cc2)C1c1ccc(O)c(C)c1. The van der Waals surface area contributed by atoms with Crippen molar-refractivity contribution in [1.29, 1.82) is 0 Å². The molecule has 3 unspecified atom stereocenters. The number of pyridine rings is 1. The number of aryl methyl sites for hydroxylation is 1. The molecule has 0 saturated carbocycles. The van der Waals surface area contributed by atoms with Crippen LogP contribution in [0.5, 0.6) is 5.75 Å². The number of imide groups is 1. The van der Waals surface area contributed by atoms with Gasteiger partial charge in [-0.3, -0.25) is 15.0 Å². The quantitative estimate of drug-likeness (QED) is 0.315. The maximum absolute atomic E-state index is 14.5. The van der Waals surface area contributed by atoms with Crippen LogP contribution in [0.2, 0.25) is 10.0 Å². The molecule has 0 spiro atoms. The molecule has 0 bridgehead atoms. The maximum atomic E-state index is 14.5. The molecule has 1 aliphatic carbocycles. The lowest BCUT2D eigenvalue weighted by Gasteiger charge is -2.43. The summed E-state index contributed by atoms with van der Waals surface area (Å²) in [6, 6.07) is 12.2. The van der Waals surface area contributed by atoms with Crippen LogP contribution in [0.3, 0.4) is 0 Å². The summed E-state index contributed by atoms with van der Waals surface area (Å²) in [7, 11) is 0. The molecule has 11 heteroatoms. The van der Waals surface area contributed by atoms with E-state index in [1.807, 2.05) is 6.08 Å². The standard InChI is InChI=1S/C29H22Cl2F3N3O3/c1-3-16-4-10-21-26(39)37(36-25-22(31)13-19(14-35-25)29(32,33)34)27(40)28(21,18-6-8-20(30)9-7-18)24(16)17-5-11-23(38)15(2)12-17/h3-9,11-14,21,24,38H,1,10H2,2H3,(H,35,36). The van der Waals surface area contributed by atoms with Crippen molar-refractivity contribution in [3.63, 3.8) is 0 Å². The number of hydrogen-bond acceptors (Lipinski definition) is 5. The minimum atomic E-state index is -4.68. The predicted octanol–water partition coefficient (Wildman–Crippen LogP) is 6.97. The highest BCUT2D eigenvalue weighted by atomic mass is 35.5. The lowest BCUT2D eigenvalue weighted by molar-refractivity contribution is -0.139. The third-order valence-electron chi connectivity index (χ3n) is 7.50. The third-order valence-corrected chi connectivity index (χ3v) is 8.04. The van der Waals surface area contributed by atoms with Crippen molar-refractivity contribution in [3.05, 3.63) is 111 Å². The first-order valence-electron chi connectivity index (χ1n) is 12.2. The Morgan fingerprint density at radius 3 is 2.45 bits per heavy atom. The van der Waals surface area contributed by atoms with Gasteiger partial charge in [0, 0.05) is 17.1 Å². The number of hydrogen-bond donors (Lipinski definition) is 2. The van der Waals surface area contributed by atoms with Crippen LogP contribution >= 0.6 is 23.2 Å². The highest BCUT2D eigenvalue weighted by Crippen LogP contribution is 2.58. The molecule has 206 valence electrons. The summed E-state index contributed by atoms with van der Waals surface area (Å²) in [6.07, 6.45) is -0.445. The molecule has 1 saturated heterocycles. The van der Waals surface area contributed by atoms with Crippen molar-refractivity contribution >= 4 is 40.8 Å². The molecule has 1 aromatic heterocycles. The van der Waals surface area contributed by atoms with Crippen molar-refractivity contribution in [2.75, 3.05) is 5.43 Å². The van der Waals surface area contributed by atoms with E-state index < -0.39 is 45.8 Å². The van der Waals surface area contributed by atoms with Crippen molar-refractivity contribution in [3.8, 4) is 5.75 Å². The number of benzene rings is 2. The first-order valence-corrected chi connectivity index (χ1v) is 12.9. The number of nitrogens with zero attached hydrogens (tertiary/aromatic N) is 2. The fourth-order valence-electron chi connectivity index (χ4n) is 5.65. The molecular weight excluding hydrogens is 566 g/mol. The van der Waals surface area contributed by atoms with Crippen LogP contribution in [0.4, 0.5) is 19.0 Å². The molecule has 5 rings (SSSR count). The minimum absolute atomic E-state index is 0.0703. The Labute approximate surface area is 237 Å². The van der Waals surface area contributed by atoms with Crippen molar-refractivity contribution < 1.29 is 27.9 Å². The van der Waals surface area contributed by atoms with Gasteiger partial charge in [0.15, 0.2) is 5.82 Å². The molecule has 40 heavy (non-hydrogen) atoms. The number of halogens is 5. The van der Waals surface area contributed by atoms with Gasteiger partial charge in [-0.25, -0.2) is 4.98 Å². The fraction of sp³-hybridized carbons (Fsp3) is 0.207. The Hall–Kier alpha value is -3.82. The van der Waals surface area contributed by atoms with Gasteiger partial charge in [0.2, 0.25) is 0 Å². The molecule has 2 heterocycles. The van der Waals surface area contributed by atoms with E-state index in [1.165, 1.54) is 6.07 Å². The number of amides is 2. The zero-order valence-corrected chi connectivity index (χ0v) is 22.5. The number of aromatic hydroxyl groups is 1. The molecule has 2 N–H and O–H groups in total. The molecule has 1 fully saturated rings. The predicted molar refractivity (Wildman–Crippen MR) is 145 cm³/mol. The smallest absolute Gasteiger partial charge is 0.417 e. The van der Waals surface area contributed by atoms with E-state index in [4.69, 9.17) is 23.2 Å². The van der Waals surface area contributed by atoms with Crippen LogP contribution in [0.15, 0.2) is 79.0 Å². The number of nitrogens with one attached hydrogen (secondary N) is 1. The Balaban J connectivity index is 1.69. The molecule has 6 nitrogen and oxygen atoms in total. The molecule has 3 aromatic rings. The van der Waals surface area contributed by atoms with Gasteiger partial charge in [-0.2, -0.15) is 18.2 Å². The van der Waals surface area contributed by atoms with Gasteiger partial charge >= 0.3 is 6.18 Å². The van der Waals surface area contributed by atoms with E-state index in [0.29, 0.717) is 39.5 Å². The average Bonchev–Trinajstić information content (AvgIpc) is 3.12. The van der Waals surface area contributed by atoms with Gasteiger partial charge in [-0.1, -0.05) is 66.2 Å². The number of alkyl halides is 3. The van der Waals surface area contributed by atoms with Crippen molar-refractivity contribution in [1.82, 2.24) is 9.99 Å². The van der Waals surface area contributed by atoms with E-state index >= 15 is 0 Å². The van der Waals surface area contributed by atoms with Crippen LogP contribution < -0.4 is 5.43 Å². The van der Waals surface area contributed by atoms with Gasteiger partial charge in [0.1, 0.15) is 5.75 Å². The number of rotatable bonds is 5. The first kappa shape index (κ1) is 27.7. The summed E-state index contributed by atoms with van der Waals surface area (Å²) in [5.41, 5.74) is 2.46. The first-order chi connectivity index (χ1) is 18.9. The summed E-state index contributed by atoms with van der Waals surface area (Å²) in [5.74, 6) is -3.06. The zero-order chi connectivity index (χ0) is 29.0. The summed E-state index contributed by atoms with van der Waals surface area (Å²) >= 11 is 12.3. The number of carbonyl (C=O) groups is 2. The second-order valence-electron chi connectivity index (χ2n) is 9.69. The molecule has 3 atom stereocenters. The molecule has 1 aliphatic heterocycles. The largest absolute Gasteiger partial charge is 0.508 e. The molecular formula is C29H22Cl2F3N3O3. The molecule has 2 aromatic carbocycles. The third kappa shape index (κ3) is 4.33. The van der Waals surface area contributed by atoms with Crippen LogP contribution in [0.25, 0.3) is 0 Å². The number of phenols is 1. The van der Waals surface area contributed by atoms with E-state index in [-0.39, 0.29) is 18.0 Å². The summed E-state index contributed by atoms with van der Waals surface area (Å²) in [4.78, 5) is 32.2. The number of allylic oxidation sites excluding steroid dienone is 3. The summed E-state index contributed by atoms with van der Waals surface area (Å²) < 4.78 is 39.4. The number of anilines is 1. The maximum Gasteiger partial charge on any atom is 0.417 e. The van der Waals surface area contributed by atoms with Crippen molar-refractivity contribution in [2.24, 2.45) is 5.92 Å². The Kier molecular flexibility index (Phi) is 6.92. The topological polar surface area (TPSA) is 82.5 Å². The monoisotopic (exact) mass is 587 g/mol. The molecule has 2 amide bonds. The van der Waals surface area contributed by atoms with Crippen molar-refractivity contribution in [2.45, 2.75) is 30.9 Å². The van der Waals surface area contributed by atoms with Gasteiger partial charge in [0.25, 0.3) is 11.8 Å². The second kappa shape index (κ2) is 9.98. The molecule has 0 radical (unpaired) electrons. The van der Waals surface area contributed by atoms with Crippen LogP contribution in [0, 0.1) is 12.8 Å². The van der Waals surface area contributed by atoms with E-state index in [2.05, 4.69) is 17.0 Å². The average molecular weight is 588 g/mol. The van der Waals surface area contributed by atoms with Crippen LogP contribution in [-0.2, 0) is 21.2 Å². The van der Waals surface area contributed by atoms with Gasteiger partial charge < -0.3 is 5.11 Å². The Morgan fingerprint density at radius 1 is 1.15 bits per heavy atom. The second-order valence-corrected chi connectivity index (χ2v) is 10.5. The van der Waals surface area contributed by atoms with Gasteiger partial charge in [0.05, 0.1) is 21.9 Å². The van der Waals surface area contributed by atoms with Crippen LogP contribution in [-0.4, -0.2) is 26.9 Å². The normalized spacial score (nSPS) is 22.6. The number of hydrazine groups is 1. The van der Waals surface area contributed by atoms with E-state index in [9.17, 15) is 27.9 Å². The lowest BCUT2D eigenvalue weighted by Crippen LogP contribution is -2.48. The summed E-state index contributed by atoms with van der Waals surface area (Å²) in [6.45, 7) is 5.66. The Bertz CT molecular complexity index is 1570. The lowest BCUT2D eigenvalue weighted by atomic mass is 9.56. The minimum Gasteiger partial charge on any atom is -0.508 e. The van der Waals surface area contributed by atoms with Crippen LogP contribution in [0.1, 0.15) is 34.6 Å². The highest BCUT2D eigenvalue weighted by molar-refractivity contribution is 6.33. The van der Waals surface area contributed by atoms with Gasteiger partial charge in [-0.05, 0) is 59.9 Å². The van der Waals surface area contributed by atoms with E-state index in [1.54, 1.807) is 49.4 Å². The highest BCUT2D eigenvalue weighted by Gasteiger charge is 2.66. The zero-order valence-electron chi connectivity index (χ0n) is 21.0. The Morgan fingerprint density at radius 2 is 1.85 bits per heavy atom. The number of fused-ring (bicyclic) bond motifs is 1. The molecule has 2 aliphatic rings. The fourth-order valence-corrected chi connectivity index (χ4v) is 5.98. The van der Waals surface area contributed by atoms with E-state index in [0.717, 1.165) is 5.01 Å². The number of phenolic OH excluding ortho intramolecular Hbond substituents is 1. The summed E-state index contributed by atoms with van der Waals surface area (Å²) in [5, 5.41) is 11.0. The number of aromatic nitrogens is 1. The number of carbonyl (C=O) groups excluding carboxylic acids is 2.